The maximum Gasteiger partial charge on any atom is 0.226 e. The molecular weight excluding hydrogens is 226 g/mol. The van der Waals surface area contributed by atoms with Crippen LogP contribution < -0.4 is 0 Å². The number of hydrogen-bond acceptors (Lipinski definition) is 2. The zero-order valence-corrected chi connectivity index (χ0v) is 10.5. The minimum atomic E-state index is -0.791. The molecule has 0 bridgehead atoms. The van der Waals surface area contributed by atoms with Gasteiger partial charge in [0.2, 0.25) is 5.91 Å². The average Bonchev–Trinajstić information content (AvgIpc) is 2.39. The van der Waals surface area contributed by atoms with Crippen molar-refractivity contribution in [3.63, 3.8) is 0 Å². The smallest absolute Gasteiger partial charge is 0.226 e. The molecule has 0 heterocycles. The number of rotatable bonds is 7. The zero-order valence-electron chi connectivity index (χ0n) is 10.5. The molecule has 3 nitrogen and oxygen atoms in total. The Morgan fingerprint density at radius 1 is 1.33 bits per heavy atom. The second kappa shape index (κ2) is 7.45. The Bertz CT molecular complexity index is 400. The van der Waals surface area contributed by atoms with Gasteiger partial charge in [-0.2, -0.15) is 0 Å². The fourth-order valence-electron chi connectivity index (χ4n) is 1.61. The quantitative estimate of drug-likeness (QED) is 0.748. The van der Waals surface area contributed by atoms with E-state index in [4.69, 9.17) is 0 Å². The van der Waals surface area contributed by atoms with E-state index in [2.05, 4.69) is 13.2 Å². The zero-order chi connectivity index (χ0) is 13.4. The molecule has 0 aliphatic carbocycles. The van der Waals surface area contributed by atoms with Crippen LogP contribution in [-0.2, 0) is 11.3 Å². The lowest BCUT2D eigenvalue weighted by atomic mass is 10.2. The van der Waals surface area contributed by atoms with E-state index >= 15 is 0 Å². The second-order valence-corrected chi connectivity index (χ2v) is 4.06. The first-order chi connectivity index (χ1) is 8.67. The number of benzene rings is 1. The van der Waals surface area contributed by atoms with E-state index in [0.717, 1.165) is 5.56 Å². The van der Waals surface area contributed by atoms with Crippen LogP contribution in [0.3, 0.4) is 0 Å². The van der Waals surface area contributed by atoms with E-state index in [0.29, 0.717) is 13.1 Å². The van der Waals surface area contributed by atoms with Crippen LogP contribution in [0.4, 0.5) is 0 Å². The van der Waals surface area contributed by atoms with Gasteiger partial charge in [0.25, 0.3) is 0 Å². The fraction of sp³-hybridized carbons (Fsp3) is 0.267. The van der Waals surface area contributed by atoms with Crippen LogP contribution in [0.5, 0.6) is 0 Å². The molecule has 0 saturated heterocycles. The first-order valence-electron chi connectivity index (χ1n) is 5.90. The standard InChI is InChI=1S/C15H19NO2/c1-3-10-16(15(18)11-14(17)4-2)12-13-8-6-5-7-9-13/h3-9,14,17H,1-2,10-12H2. The molecule has 18 heavy (non-hydrogen) atoms. The summed E-state index contributed by atoms with van der Waals surface area (Å²) in [4.78, 5) is 13.6. The van der Waals surface area contributed by atoms with Crippen LogP contribution in [0.15, 0.2) is 55.6 Å². The number of nitrogens with zero attached hydrogens (tertiary/aromatic N) is 1. The maximum absolute atomic E-state index is 12.0. The Labute approximate surface area is 108 Å². The summed E-state index contributed by atoms with van der Waals surface area (Å²) in [5.74, 6) is -0.105. The predicted octanol–water partition coefficient (Wildman–Crippen LogP) is 2.14. The molecule has 0 aromatic heterocycles. The molecule has 1 unspecified atom stereocenters. The molecule has 1 amide bonds. The topological polar surface area (TPSA) is 40.5 Å². The van der Waals surface area contributed by atoms with Crippen LogP contribution >= 0.6 is 0 Å². The lowest BCUT2D eigenvalue weighted by molar-refractivity contribution is -0.132. The van der Waals surface area contributed by atoms with Crippen LogP contribution in [-0.4, -0.2) is 28.6 Å². The van der Waals surface area contributed by atoms with Gasteiger partial charge in [0, 0.05) is 13.1 Å². The molecule has 96 valence electrons. The summed E-state index contributed by atoms with van der Waals surface area (Å²) in [5.41, 5.74) is 1.06. The summed E-state index contributed by atoms with van der Waals surface area (Å²) >= 11 is 0. The van der Waals surface area contributed by atoms with E-state index in [1.165, 1.54) is 6.08 Å². The van der Waals surface area contributed by atoms with E-state index < -0.39 is 6.10 Å². The predicted molar refractivity (Wildman–Crippen MR) is 72.9 cm³/mol. The summed E-state index contributed by atoms with van der Waals surface area (Å²) in [6.45, 7) is 8.10. The number of aliphatic hydroxyl groups excluding tert-OH is 1. The summed E-state index contributed by atoms with van der Waals surface area (Å²) < 4.78 is 0. The first kappa shape index (κ1) is 14.2. The van der Waals surface area contributed by atoms with Gasteiger partial charge in [0.1, 0.15) is 0 Å². The molecule has 1 rings (SSSR count). The van der Waals surface area contributed by atoms with Gasteiger partial charge in [-0.25, -0.2) is 0 Å². The van der Waals surface area contributed by atoms with Crippen molar-refractivity contribution in [2.24, 2.45) is 0 Å². The number of aliphatic hydroxyl groups is 1. The van der Waals surface area contributed by atoms with E-state index in [9.17, 15) is 9.90 Å². The third-order valence-corrected chi connectivity index (χ3v) is 2.57. The van der Waals surface area contributed by atoms with Gasteiger partial charge in [-0.05, 0) is 5.56 Å². The van der Waals surface area contributed by atoms with Gasteiger partial charge >= 0.3 is 0 Å². The fourth-order valence-corrected chi connectivity index (χ4v) is 1.61. The van der Waals surface area contributed by atoms with Crippen LogP contribution in [0.2, 0.25) is 0 Å². The molecule has 0 spiro atoms. The minimum absolute atomic E-state index is 0.0597. The number of carbonyl (C=O) groups excluding carboxylic acids is 1. The van der Waals surface area contributed by atoms with E-state index in [-0.39, 0.29) is 12.3 Å². The Kier molecular flexibility index (Phi) is 5.88. The van der Waals surface area contributed by atoms with Gasteiger partial charge in [-0.1, -0.05) is 42.5 Å². The van der Waals surface area contributed by atoms with Crippen LogP contribution in [0.25, 0.3) is 0 Å². The van der Waals surface area contributed by atoms with Gasteiger partial charge in [0.15, 0.2) is 0 Å². The van der Waals surface area contributed by atoms with Gasteiger partial charge < -0.3 is 10.0 Å². The Morgan fingerprint density at radius 3 is 2.56 bits per heavy atom. The van der Waals surface area contributed by atoms with Crippen molar-refractivity contribution in [1.82, 2.24) is 4.90 Å². The number of amides is 1. The van der Waals surface area contributed by atoms with Crippen molar-refractivity contribution in [2.75, 3.05) is 6.54 Å². The lowest BCUT2D eigenvalue weighted by Gasteiger charge is -2.22. The maximum atomic E-state index is 12.0. The molecule has 0 radical (unpaired) electrons. The molecule has 0 fully saturated rings. The highest BCUT2D eigenvalue weighted by atomic mass is 16.3. The molecule has 0 aliphatic rings. The molecule has 3 heteroatoms. The molecule has 1 N–H and O–H groups in total. The molecule has 1 aromatic carbocycles. The van der Waals surface area contributed by atoms with Crippen molar-refractivity contribution in [3.8, 4) is 0 Å². The normalized spacial score (nSPS) is 11.6. The summed E-state index contributed by atoms with van der Waals surface area (Å²) in [6.07, 6.45) is 2.32. The van der Waals surface area contributed by atoms with Crippen molar-refractivity contribution in [1.29, 1.82) is 0 Å². The summed E-state index contributed by atoms with van der Waals surface area (Å²) in [6, 6.07) is 9.74. The second-order valence-electron chi connectivity index (χ2n) is 4.06. The molecule has 1 atom stereocenters. The van der Waals surface area contributed by atoms with Gasteiger partial charge in [-0.15, -0.1) is 13.2 Å². The van der Waals surface area contributed by atoms with E-state index in [1.807, 2.05) is 30.3 Å². The summed E-state index contributed by atoms with van der Waals surface area (Å²) in [7, 11) is 0. The largest absolute Gasteiger partial charge is 0.389 e. The minimum Gasteiger partial charge on any atom is -0.389 e. The Balaban J connectivity index is 2.67. The summed E-state index contributed by atoms with van der Waals surface area (Å²) in [5, 5.41) is 9.42. The SMILES string of the molecule is C=CCN(Cc1ccccc1)C(=O)CC(O)C=C. The molecular formula is C15H19NO2. The van der Waals surface area contributed by atoms with E-state index in [1.54, 1.807) is 11.0 Å². The molecule has 0 saturated carbocycles. The van der Waals surface area contributed by atoms with Gasteiger partial charge in [-0.3, -0.25) is 4.79 Å². The monoisotopic (exact) mass is 245 g/mol. The Hall–Kier alpha value is -1.87. The number of hydrogen-bond donors (Lipinski definition) is 1. The Morgan fingerprint density at radius 2 is 2.00 bits per heavy atom. The van der Waals surface area contributed by atoms with Crippen molar-refractivity contribution in [2.45, 2.75) is 19.1 Å². The van der Waals surface area contributed by atoms with Crippen molar-refractivity contribution < 1.29 is 9.90 Å². The molecule has 1 aromatic rings. The third kappa shape index (κ3) is 4.55. The van der Waals surface area contributed by atoms with Crippen LogP contribution in [0, 0.1) is 0 Å². The highest BCUT2D eigenvalue weighted by molar-refractivity contribution is 5.77. The highest BCUT2D eigenvalue weighted by Crippen LogP contribution is 2.07. The van der Waals surface area contributed by atoms with Gasteiger partial charge in [0.05, 0.1) is 12.5 Å². The lowest BCUT2D eigenvalue weighted by Crippen LogP contribution is -2.32. The van der Waals surface area contributed by atoms with Crippen molar-refractivity contribution in [3.05, 3.63) is 61.2 Å². The highest BCUT2D eigenvalue weighted by Gasteiger charge is 2.15. The molecule has 0 aliphatic heterocycles. The van der Waals surface area contributed by atoms with Crippen molar-refractivity contribution >= 4 is 5.91 Å². The number of carbonyl (C=O) groups is 1. The average molecular weight is 245 g/mol. The third-order valence-electron chi connectivity index (χ3n) is 2.57. The van der Waals surface area contributed by atoms with Crippen LogP contribution in [0.1, 0.15) is 12.0 Å². The first-order valence-corrected chi connectivity index (χ1v) is 5.90.